The minimum atomic E-state index is -0.321. The van der Waals surface area contributed by atoms with Gasteiger partial charge in [0.05, 0.1) is 0 Å². The van der Waals surface area contributed by atoms with Crippen LogP contribution in [0.4, 0.5) is 0 Å². The fourth-order valence-electron chi connectivity index (χ4n) is 1.24. The van der Waals surface area contributed by atoms with Crippen LogP contribution in [0, 0.1) is 0 Å². The molecule has 0 fully saturated rings. The Kier molecular flexibility index (Phi) is 0.906. The molecule has 0 aliphatic heterocycles. The van der Waals surface area contributed by atoms with Crippen molar-refractivity contribution >= 4 is 5.78 Å². The average molecular weight is 133 g/mol. The molecule has 50 valence electrons. The van der Waals surface area contributed by atoms with E-state index < -0.39 is 0 Å². The number of aryl methyl sites for hydroxylation is 1. The van der Waals surface area contributed by atoms with Crippen molar-refractivity contribution in [3.8, 4) is 0 Å². The number of benzene rings is 1. The van der Waals surface area contributed by atoms with Crippen LogP contribution in [0.1, 0.15) is 23.7 Å². The molecule has 1 aromatic rings. The molecule has 1 aromatic carbocycles. The van der Waals surface area contributed by atoms with Gasteiger partial charge in [0, 0.05) is 13.4 Å². The molecule has 0 bridgehead atoms. The van der Waals surface area contributed by atoms with Gasteiger partial charge in [0.15, 0.2) is 5.78 Å². The molecule has 1 nitrogen and oxygen atoms in total. The first-order chi connectivity index (χ1) is 5.29. The highest BCUT2D eigenvalue weighted by molar-refractivity contribution is 6.00. The number of carbonyl (C=O) groups excluding carboxylic acids is 1. The fourth-order valence-corrected chi connectivity index (χ4v) is 1.24. The van der Waals surface area contributed by atoms with E-state index in [0.717, 1.165) is 11.1 Å². The van der Waals surface area contributed by atoms with Crippen molar-refractivity contribution in [2.45, 2.75) is 12.8 Å². The van der Waals surface area contributed by atoms with Crippen molar-refractivity contribution in [2.75, 3.05) is 0 Å². The Morgan fingerprint density at radius 1 is 1.40 bits per heavy atom. The van der Waals surface area contributed by atoms with Crippen molar-refractivity contribution < 1.29 is 6.17 Å². The summed E-state index contributed by atoms with van der Waals surface area (Å²) in [5.41, 5.74) is 1.63. The van der Waals surface area contributed by atoms with Gasteiger partial charge < -0.3 is 0 Å². The summed E-state index contributed by atoms with van der Waals surface area (Å²) in [5.74, 6) is 0.112. The van der Waals surface area contributed by atoms with Crippen LogP contribution in [0.2, 0.25) is 0 Å². The summed E-state index contributed by atoms with van der Waals surface area (Å²) < 4.78 is 7.52. The Labute approximate surface area is 61.1 Å². The summed E-state index contributed by atoms with van der Waals surface area (Å²) in [5, 5.41) is 0. The zero-order valence-electron chi connectivity index (χ0n) is 6.50. The van der Waals surface area contributed by atoms with E-state index in [1.165, 1.54) is 0 Å². The number of carbonyl (C=O) groups is 1. The van der Waals surface area contributed by atoms with Crippen LogP contribution in [0.5, 0.6) is 0 Å². The molecule has 0 N–H and O–H groups in total. The topological polar surface area (TPSA) is 17.1 Å². The van der Waals surface area contributed by atoms with Crippen LogP contribution >= 0.6 is 0 Å². The second-order valence-corrected chi connectivity index (χ2v) is 2.42. The first-order valence-corrected chi connectivity index (χ1v) is 3.33. The van der Waals surface area contributed by atoms with Crippen molar-refractivity contribution in [1.82, 2.24) is 0 Å². The molecule has 10 heavy (non-hydrogen) atoms. The standard InChI is InChI=1S/C9H8O/c10-9-6-5-7-3-1-2-4-8(7)9/h1-4H,5-6H2/i5D. The first kappa shape index (κ1) is 4.67. The van der Waals surface area contributed by atoms with Crippen molar-refractivity contribution in [1.29, 1.82) is 0 Å². The molecule has 1 atom stereocenters. The molecule has 0 radical (unpaired) electrons. The Morgan fingerprint density at radius 2 is 2.20 bits per heavy atom. The predicted octanol–water partition coefficient (Wildman–Crippen LogP) is 1.82. The highest BCUT2D eigenvalue weighted by Gasteiger charge is 2.17. The van der Waals surface area contributed by atoms with Crippen molar-refractivity contribution in [3.05, 3.63) is 35.4 Å². The lowest BCUT2D eigenvalue weighted by atomic mass is 10.1. The molecule has 1 aliphatic carbocycles. The zero-order chi connectivity index (χ0) is 7.84. The second-order valence-electron chi connectivity index (χ2n) is 2.42. The molecule has 0 amide bonds. The molecule has 0 heterocycles. The third-order valence-corrected chi connectivity index (χ3v) is 1.77. The van der Waals surface area contributed by atoms with E-state index in [0.29, 0.717) is 6.42 Å². The molecule has 0 saturated carbocycles. The van der Waals surface area contributed by atoms with Gasteiger partial charge in [-0.15, -0.1) is 0 Å². The Bertz CT molecular complexity index is 306. The summed E-state index contributed by atoms with van der Waals surface area (Å²) in [6.07, 6.45) is 0.0398. The van der Waals surface area contributed by atoms with Crippen LogP contribution in [0.25, 0.3) is 0 Å². The summed E-state index contributed by atoms with van der Waals surface area (Å²) in [6, 6.07) is 7.37. The third kappa shape index (κ3) is 0.670. The monoisotopic (exact) mass is 133 g/mol. The highest BCUT2D eigenvalue weighted by atomic mass is 16.1. The maximum Gasteiger partial charge on any atom is 0.163 e. The Morgan fingerprint density at radius 3 is 3.00 bits per heavy atom. The second kappa shape index (κ2) is 1.94. The molecule has 0 spiro atoms. The number of hydrogen-bond acceptors (Lipinski definition) is 1. The van der Waals surface area contributed by atoms with Gasteiger partial charge in [0.25, 0.3) is 0 Å². The number of rotatable bonds is 0. The minimum absolute atomic E-state index is 0.112. The number of hydrogen-bond donors (Lipinski definition) is 0. The van der Waals surface area contributed by atoms with E-state index in [4.69, 9.17) is 1.37 Å². The van der Waals surface area contributed by atoms with E-state index in [-0.39, 0.29) is 12.2 Å². The Hall–Kier alpha value is -1.11. The minimum Gasteiger partial charge on any atom is -0.294 e. The molecule has 1 unspecified atom stereocenters. The van der Waals surface area contributed by atoms with Gasteiger partial charge in [-0.3, -0.25) is 4.79 Å². The molecule has 1 aliphatic rings. The van der Waals surface area contributed by atoms with Crippen molar-refractivity contribution in [2.24, 2.45) is 0 Å². The largest absolute Gasteiger partial charge is 0.294 e. The number of fused-ring (bicyclic) bond motifs is 1. The summed E-state index contributed by atoms with van der Waals surface area (Å²) >= 11 is 0. The van der Waals surface area contributed by atoms with Crippen LogP contribution in [0.15, 0.2) is 24.3 Å². The van der Waals surface area contributed by atoms with Crippen molar-refractivity contribution in [3.63, 3.8) is 0 Å². The smallest absolute Gasteiger partial charge is 0.163 e. The van der Waals surface area contributed by atoms with Crippen LogP contribution in [-0.4, -0.2) is 5.78 Å². The number of ketones is 1. The normalized spacial score (nSPS) is 24.2. The first-order valence-electron chi connectivity index (χ1n) is 3.91. The Balaban J connectivity index is 2.60. The molecule has 0 saturated heterocycles. The SMILES string of the molecule is [2H]C1CC(=O)c2ccccc21. The van der Waals surface area contributed by atoms with E-state index in [1.54, 1.807) is 6.07 Å². The lowest BCUT2D eigenvalue weighted by molar-refractivity contribution is 0.0994. The van der Waals surface area contributed by atoms with E-state index in [1.807, 2.05) is 18.2 Å². The fraction of sp³-hybridized carbons (Fsp3) is 0.222. The summed E-state index contributed by atoms with van der Waals surface area (Å²) in [4.78, 5) is 11.2. The van der Waals surface area contributed by atoms with Gasteiger partial charge in [0.1, 0.15) is 0 Å². The lowest BCUT2D eigenvalue weighted by Gasteiger charge is -1.92. The maximum absolute atomic E-state index is 11.2. The van der Waals surface area contributed by atoms with E-state index in [2.05, 4.69) is 0 Å². The van der Waals surface area contributed by atoms with E-state index >= 15 is 0 Å². The number of Topliss-reactive ketones (excluding diaryl/α,β-unsaturated/α-hetero) is 1. The quantitative estimate of drug-likeness (QED) is 0.527. The van der Waals surface area contributed by atoms with E-state index in [9.17, 15) is 4.79 Å². The molecule has 0 aromatic heterocycles. The maximum atomic E-state index is 11.2. The summed E-state index contributed by atoms with van der Waals surface area (Å²) in [6.45, 7) is 0. The summed E-state index contributed by atoms with van der Waals surface area (Å²) in [7, 11) is 0. The molecule has 2 rings (SSSR count). The van der Waals surface area contributed by atoms with Gasteiger partial charge in [-0.05, 0) is 12.0 Å². The predicted molar refractivity (Wildman–Crippen MR) is 39.1 cm³/mol. The van der Waals surface area contributed by atoms with Gasteiger partial charge in [-0.2, -0.15) is 0 Å². The third-order valence-electron chi connectivity index (χ3n) is 1.77. The van der Waals surface area contributed by atoms with Gasteiger partial charge in [-0.25, -0.2) is 0 Å². The molecule has 1 heteroatoms. The van der Waals surface area contributed by atoms with Crippen LogP contribution < -0.4 is 0 Å². The van der Waals surface area contributed by atoms with Gasteiger partial charge in [0.2, 0.25) is 0 Å². The zero-order valence-corrected chi connectivity index (χ0v) is 5.50. The average Bonchev–Trinajstić information content (AvgIpc) is 2.30. The van der Waals surface area contributed by atoms with Crippen LogP contribution in [0.3, 0.4) is 0 Å². The van der Waals surface area contributed by atoms with Gasteiger partial charge >= 0.3 is 0 Å². The molecular formula is C9H8O. The lowest BCUT2D eigenvalue weighted by Crippen LogP contribution is -1.88. The van der Waals surface area contributed by atoms with Crippen LogP contribution in [-0.2, 0) is 6.40 Å². The van der Waals surface area contributed by atoms with Gasteiger partial charge in [-0.1, -0.05) is 24.3 Å². The molecular weight excluding hydrogens is 124 g/mol. The highest BCUT2D eigenvalue weighted by Crippen LogP contribution is 2.20.